The van der Waals surface area contributed by atoms with Gasteiger partial charge in [-0.05, 0) is 22.8 Å². The minimum Gasteiger partial charge on any atom is -0.481 e. The largest absolute Gasteiger partial charge is 0.481 e. The van der Waals surface area contributed by atoms with Crippen LogP contribution >= 0.6 is 0 Å². The highest BCUT2D eigenvalue weighted by Crippen LogP contribution is 2.40. The summed E-state index contributed by atoms with van der Waals surface area (Å²) in [6.45, 7) is 0.360. The maximum absolute atomic E-state index is 9.56. The van der Waals surface area contributed by atoms with E-state index in [-0.39, 0.29) is 12.0 Å². The van der Waals surface area contributed by atoms with Gasteiger partial charge in [0.1, 0.15) is 11.7 Å². The van der Waals surface area contributed by atoms with Crippen LogP contribution in [0, 0.1) is 0 Å². The predicted molar refractivity (Wildman–Crippen MR) is 105 cm³/mol. The zero-order valence-electron chi connectivity index (χ0n) is 15.0. The fourth-order valence-corrected chi connectivity index (χ4v) is 3.59. The van der Waals surface area contributed by atoms with Gasteiger partial charge in [0, 0.05) is 6.42 Å². The van der Waals surface area contributed by atoms with Gasteiger partial charge in [0.2, 0.25) is 0 Å². The van der Waals surface area contributed by atoms with E-state index < -0.39 is 5.60 Å². The number of rotatable bonds is 6. The number of aliphatic hydroxyl groups is 1. The van der Waals surface area contributed by atoms with Crippen LogP contribution in [0.15, 0.2) is 103 Å². The average molecular weight is 358 g/mol. The summed E-state index contributed by atoms with van der Waals surface area (Å²) in [5.41, 5.74) is 2.40. The molecule has 1 unspecified atom stereocenters. The summed E-state index contributed by atoms with van der Waals surface area (Å²) < 4.78 is 12.1. The van der Waals surface area contributed by atoms with Crippen molar-refractivity contribution in [2.75, 3.05) is 6.61 Å². The first-order valence-corrected chi connectivity index (χ1v) is 9.15. The van der Waals surface area contributed by atoms with Crippen LogP contribution in [-0.2, 0) is 15.1 Å². The topological polar surface area (TPSA) is 38.7 Å². The van der Waals surface area contributed by atoms with Crippen LogP contribution in [0.4, 0.5) is 0 Å². The number of benzene rings is 3. The van der Waals surface area contributed by atoms with Gasteiger partial charge < -0.3 is 14.6 Å². The smallest absolute Gasteiger partial charge is 0.272 e. The number of aliphatic hydroxyl groups excluding tert-OH is 1. The van der Waals surface area contributed by atoms with Crippen molar-refractivity contribution in [3.63, 3.8) is 0 Å². The van der Waals surface area contributed by atoms with E-state index in [0.29, 0.717) is 13.0 Å². The van der Waals surface area contributed by atoms with E-state index in [0.717, 1.165) is 16.7 Å². The van der Waals surface area contributed by atoms with Gasteiger partial charge in [-0.2, -0.15) is 0 Å². The highest BCUT2D eigenvalue weighted by atomic mass is 16.6. The molecule has 3 aromatic rings. The lowest BCUT2D eigenvalue weighted by Crippen LogP contribution is -2.35. The standard InChI is InChI=1S/C24H22O3/c25-23-17-16-22(27-23)18-26-24(19-10-4-1-5-11-19,20-12-6-2-7-13-20)21-14-8-3-9-15-21/h1-15,17,22,25H,16,18H2. The normalized spacial score (nSPS) is 16.6. The Labute approximate surface area is 159 Å². The monoisotopic (exact) mass is 358 g/mol. The van der Waals surface area contributed by atoms with Crippen molar-refractivity contribution in [3.8, 4) is 0 Å². The molecular weight excluding hydrogens is 336 g/mol. The SMILES string of the molecule is OC1=CCC(COC(c2ccccc2)(c2ccccc2)c2ccccc2)O1. The van der Waals surface area contributed by atoms with E-state index in [4.69, 9.17) is 9.47 Å². The molecule has 0 bridgehead atoms. The van der Waals surface area contributed by atoms with Gasteiger partial charge >= 0.3 is 0 Å². The third-order valence-electron chi connectivity index (χ3n) is 4.87. The van der Waals surface area contributed by atoms with Crippen LogP contribution in [0.3, 0.4) is 0 Å². The van der Waals surface area contributed by atoms with Gasteiger partial charge in [0.05, 0.1) is 6.61 Å². The number of ether oxygens (including phenoxy) is 2. The first-order valence-electron chi connectivity index (χ1n) is 9.15. The second kappa shape index (κ2) is 7.68. The number of hydrogen-bond donors (Lipinski definition) is 1. The van der Waals surface area contributed by atoms with Crippen molar-refractivity contribution in [1.29, 1.82) is 0 Å². The zero-order chi connectivity index (χ0) is 18.5. The Morgan fingerprint density at radius 1 is 0.778 bits per heavy atom. The molecule has 0 radical (unpaired) electrons. The molecule has 3 nitrogen and oxygen atoms in total. The average Bonchev–Trinajstić information content (AvgIpc) is 3.16. The summed E-state index contributed by atoms with van der Waals surface area (Å²) in [5, 5.41) is 9.56. The molecule has 1 atom stereocenters. The van der Waals surface area contributed by atoms with Crippen molar-refractivity contribution < 1.29 is 14.6 Å². The van der Waals surface area contributed by atoms with E-state index in [2.05, 4.69) is 36.4 Å². The highest BCUT2D eigenvalue weighted by Gasteiger charge is 2.38. The second-order valence-corrected chi connectivity index (χ2v) is 6.61. The third kappa shape index (κ3) is 3.46. The minimum absolute atomic E-state index is 0.0201. The fourth-order valence-electron chi connectivity index (χ4n) is 3.59. The summed E-state index contributed by atoms with van der Waals surface area (Å²) >= 11 is 0. The fraction of sp³-hybridized carbons (Fsp3) is 0.167. The van der Waals surface area contributed by atoms with Crippen molar-refractivity contribution in [2.45, 2.75) is 18.1 Å². The van der Waals surface area contributed by atoms with Crippen molar-refractivity contribution in [3.05, 3.63) is 120 Å². The summed E-state index contributed by atoms with van der Waals surface area (Å²) in [5.74, 6) is -0.0201. The molecule has 0 spiro atoms. The third-order valence-corrected chi connectivity index (χ3v) is 4.87. The van der Waals surface area contributed by atoms with Crippen LogP contribution in [0.2, 0.25) is 0 Å². The molecule has 1 aliphatic heterocycles. The molecule has 1 heterocycles. The summed E-state index contributed by atoms with van der Waals surface area (Å²) in [6.07, 6.45) is 2.13. The Morgan fingerprint density at radius 2 is 1.22 bits per heavy atom. The summed E-state index contributed by atoms with van der Waals surface area (Å²) in [7, 11) is 0. The molecule has 1 aliphatic rings. The Morgan fingerprint density at radius 3 is 1.59 bits per heavy atom. The van der Waals surface area contributed by atoms with E-state index in [1.807, 2.05) is 54.6 Å². The maximum atomic E-state index is 9.56. The van der Waals surface area contributed by atoms with Crippen LogP contribution in [0.5, 0.6) is 0 Å². The van der Waals surface area contributed by atoms with Gasteiger partial charge in [-0.1, -0.05) is 91.0 Å². The molecule has 3 aromatic carbocycles. The van der Waals surface area contributed by atoms with E-state index >= 15 is 0 Å². The zero-order valence-corrected chi connectivity index (χ0v) is 15.0. The Kier molecular flexibility index (Phi) is 4.95. The summed E-state index contributed by atoms with van der Waals surface area (Å²) in [4.78, 5) is 0. The molecule has 136 valence electrons. The Bertz CT molecular complexity index is 792. The van der Waals surface area contributed by atoms with Gasteiger partial charge in [0.25, 0.3) is 5.95 Å². The molecule has 0 aliphatic carbocycles. The van der Waals surface area contributed by atoms with E-state index in [1.165, 1.54) is 0 Å². The van der Waals surface area contributed by atoms with E-state index in [9.17, 15) is 5.11 Å². The molecule has 0 saturated heterocycles. The molecule has 0 aromatic heterocycles. The van der Waals surface area contributed by atoms with Gasteiger partial charge in [0.15, 0.2) is 0 Å². The minimum atomic E-state index is -0.759. The van der Waals surface area contributed by atoms with Crippen LogP contribution in [0.25, 0.3) is 0 Å². The Balaban J connectivity index is 1.81. The van der Waals surface area contributed by atoms with Crippen LogP contribution in [0.1, 0.15) is 23.1 Å². The lowest BCUT2D eigenvalue weighted by molar-refractivity contribution is -0.0551. The molecule has 1 N–H and O–H groups in total. The van der Waals surface area contributed by atoms with Crippen molar-refractivity contribution >= 4 is 0 Å². The molecular formula is C24H22O3. The second-order valence-electron chi connectivity index (χ2n) is 6.61. The maximum Gasteiger partial charge on any atom is 0.272 e. The lowest BCUT2D eigenvalue weighted by Gasteiger charge is -2.36. The summed E-state index contributed by atoms with van der Waals surface area (Å²) in [6, 6.07) is 30.7. The molecule has 0 saturated carbocycles. The molecule has 0 fully saturated rings. The van der Waals surface area contributed by atoms with Crippen LogP contribution in [-0.4, -0.2) is 17.8 Å². The number of hydrogen-bond acceptors (Lipinski definition) is 3. The predicted octanol–water partition coefficient (Wildman–Crippen LogP) is 5.18. The molecule has 3 heteroatoms. The van der Waals surface area contributed by atoms with Crippen molar-refractivity contribution in [1.82, 2.24) is 0 Å². The van der Waals surface area contributed by atoms with Gasteiger partial charge in [-0.25, -0.2) is 0 Å². The van der Waals surface area contributed by atoms with Gasteiger partial charge in [-0.3, -0.25) is 0 Å². The van der Waals surface area contributed by atoms with Gasteiger partial charge in [-0.15, -0.1) is 0 Å². The first kappa shape index (κ1) is 17.4. The molecule has 4 rings (SSSR count). The molecule has 27 heavy (non-hydrogen) atoms. The quantitative estimate of drug-likeness (QED) is 0.617. The first-order chi connectivity index (χ1) is 13.3. The highest BCUT2D eigenvalue weighted by molar-refractivity contribution is 5.47. The molecule has 0 amide bonds. The lowest BCUT2D eigenvalue weighted by atomic mass is 9.80. The Hall–Kier alpha value is -3.04. The van der Waals surface area contributed by atoms with E-state index in [1.54, 1.807) is 6.08 Å². The van der Waals surface area contributed by atoms with Crippen molar-refractivity contribution in [2.24, 2.45) is 0 Å². The van der Waals surface area contributed by atoms with Crippen LogP contribution < -0.4 is 0 Å².